The van der Waals surface area contributed by atoms with Gasteiger partial charge in [-0.2, -0.15) is 5.10 Å². The van der Waals surface area contributed by atoms with Crippen molar-refractivity contribution in [2.24, 2.45) is 0 Å². The summed E-state index contributed by atoms with van der Waals surface area (Å²) in [5.41, 5.74) is 1.67. The van der Waals surface area contributed by atoms with Crippen LogP contribution in [-0.4, -0.2) is 22.1 Å². The van der Waals surface area contributed by atoms with Gasteiger partial charge in [-0.05, 0) is 24.6 Å². The molecule has 3 rings (SSSR count). The molecule has 0 aliphatic rings. The number of aryl methyl sites for hydroxylation is 1. The fraction of sp³-hybridized carbons (Fsp3) is 0.158. The van der Waals surface area contributed by atoms with Crippen molar-refractivity contribution in [3.63, 3.8) is 0 Å². The second kappa shape index (κ2) is 7.53. The summed E-state index contributed by atoms with van der Waals surface area (Å²) in [5.74, 6) is -0.289. The molecule has 3 aromatic rings. The molecule has 8 heteroatoms. The number of carbonyl (C=O) groups excluding carboxylic acids is 1. The zero-order chi connectivity index (χ0) is 19.4. The number of ether oxygens (including phenoxy) is 1. The van der Waals surface area contributed by atoms with Crippen molar-refractivity contribution in [2.45, 2.75) is 19.8 Å². The van der Waals surface area contributed by atoms with E-state index in [2.05, 4.69) is 15.2 Å². The Morgan fingerprint density at radius 2 is 1.81 bits per heavy atom. The lowest BCUT2D eigenvalue weighted by molar-refractivity contribution is -0.274. The molecule has 0 bridgehead atoms. The molecule has 0 fully saturated rings. The summed E-state index contributed by atoms with van der Waals surface area (Å²) in [5, 5.41) is 6.86. The van der Waals surface area contributed by atoms with Gasteiger partial charge in [0.15, 0.2) is 5.82 Å². The molecule has 1 heterocycles. The van der Waals surface area contributed by atoms with Crippen LogP contribution in [0.4, 0.5) is 19.0 Å². The van der Waals surface area contributed by atoms with Crippen LogP contribution in [0, 0.1) is 6.92 Å². The molecule has 2 aromatic carbocycles. The lowest BCUT2D eigenvalue weighted by atomic mass is 10.1. The fourth-order valence-electron chi connectivity index (χ4n) is 2.56. The predicted octanol–water partition coefficient (Wildman–Crippen LogP) is 4.39. The van der Waals surface area contributed by atoms with Gasteiger partial charge in [0.1, 0.15) is 5.75 Å². The Kier molecular flexibility index (Phi) is 5.16. The summed E-state index contributed by atoms with van der Waals surface area (Å²) in [4.78, 5) is 12.3. The molecule has 1 amide bonds. The Hall–Kier alpha value is -3.29. The molecule has 0 radical (unpaired) electrons. The molecule has 1 aromatic heterocycles. The summed E-state index contributed by atoms with van der Waals surface area (Å²) in [6, 6.07) is 14.5. The average molecular weight is 375 g/mol. The van der Waals surface area contributed by atoms with Crippen molar-refractivity contribution in [1.82, 2.24) is 9.78 Å². The van der Waals surface area contributed by atoms with Crippen LogP contribution in [0.15, 0.2) is 60.8 Å². The maximum atomic E-state index is 12.5. The third-order valence-electron chi connectivity index (χ3n) is 3.80. The van der Waals surface area contributed by atoms with E-state index in [1.165, 1.54) is 22.9 Å². The number of aromatic nitrogens is 2. The standard InChI is InChI=1S/C19H16F3N3O2/c1-13-6-2-4-8-15(13)18(26)23-17-10-11-25(24-17)12-14-7-3-5-9-16(14)27-19(20,21)22/h2-11H,12H2,1H3,(H,23,24,26). The first kappa shape index (κ1) is 18.5. The number of halogens is 3. The highest BCUT2D eigenvalue weighted by Crippen LogP contribution is 2.26. The van der Waals surface area contributed by atoms with Crippen molar-refractivity contribution >= 4 is 11.7 Å². The van der Waals surface area contributed by atoms with Crippen molar-refractivity contribution in [2.75, 3.05) is 5.32 Å². The fourth-order valence-corrected chi connectivity index (χ4v) is 2.56. The Balaban J connectivity index is 1.72. The number of benzene rings is 2. The van der Waals surface area contributed by atoms with E-state index in [0.717, 1.165) is 5.56 Å². The molecule has 0 atom stereocenters. The van der Waals surface area contributed by atoms with E-state index in [1.54, 1.807) is 30.5 Å². The van der Waals surface area contributed by atoms with Crippen LogP contribution in [0.2, 0.25) is 0 Å². The van der Waals surface area contributed by atoms with Gasteiger partial charge in [-0.3, -0.25) is 9.48 Å². The minimum absolute atomic E-state index is 0.0620. The predicted molar refractivity (Wildman–Crippen MR) is 93.6 cm³/mol. The molecule has 27 heavy (non-hydrogen) atoms. The molecule has 140 valence electrons. The first-order valence-corrected chi connectivity index (χ1v) is 8.06. The van der Waals surface area contributed by atoms with E-state index in [4.69, 9.17) is 0 Å². The molecule has 0 aliphatic heterocycles. The second-order valence-corrected chi connectivity index (χ2v) is 5.82. The number of rotatable bonds is 5. The maximum Gasteiger partial charge on any atom is 0.573 e. The van der Waals surface area contributed by atoms with E-state index in [0.29, 0.717) is 16.9 Å². The Morgan fingerprint density at radius 3 is 2.56 bits per heavy atom. The molecular weight excluding hydrogens is 359 g/mol. The average Bonchev–Trinajstić information content (AvgIpc) is 3.02. The summed E-state index contributed by atoms with van der Waals surface area (Å²) < 4.78 is 43.0. The number of anilines is 1. The molecule has 0 saturated carbocycles. The van der Waals surface area contributed by atoms with Gasteiger partial charge in [-0.25, -0.2) is 0 Å². The van der Waals surface area contributed by atoms with Gasteiger partial charge < -0.3 is 10.1 Å². The molecule has 1 N–H and O–H groups in total. The van der Waals surface area contributed by atoms with Crippen molar-refractivity contribution in [3.05, 3.63) is 77.5 Å². The van der Waals surface area contributed by atoms with Crippen molar-refractivity contribution in [1.29, 1.82) is 0 Å². The summed E-state index contributed by atoms with van der Waals surface area (Å²) >= 11 is 0. The zero-order valence-corrected chi connectivity index (χ0v) is 14.3. The normalized spacial score (nSPS) is 11.3. The van der Waals surface area contributed by atoms with Crippen LogP contribution < -0.4 is 10.1 Å². The lowest BCUT2D eigenvalue weighted by Crippen LogP contribution is -2.18. The number of para-hydroxylation sites is 1. The van der Waals surface area contributed by atoms with Gasteiger partial charge in [0.2, 0.25) is 0 Å². The maximum absolute atomic E-state index is 12.5. The number of hydrogen-bond donors (Lipinski definition) is 1. The number of nitrogens with one attached hydrogen (secondary N) is 1. The van der Waals surface area contributed by atoms with Gasteiger partial charge in [0.25, 0.3) is 5.91 Å². The Labute approximate surface area is 153 Å². The first-order chi connectivity index (χ1) is 12.8. The van der Waals surface area contributed by atoms with Crippen LogP contribution in [0.25, 0.3) is 0 Å². The van der Waals surface area contributed by atoms with Gasteiger partial charge in [0, 0.05) is 23.4 Å². The molecule has 0 aliphatic carbocycles. The number of alkyl halides is 3. The van der Waals surface area contributed by atoms with E-state index >= 15 is 0 Å². The molecule has 0 saturated heterocycles. The summed E-state index contributed by atoms with van der Waals surface area (Å²) in [6.07, 6.45) is -3.20. The molecule has 0 spiro atoms. The third-order valence-corrected chi connectivity index (χ3v) is 3.80. The van der Waals surface area contributed by atoms with E-state index in [-0.39, 0.29) is 18.2 Å². The van der Waals surface area contributed by atoms with Gasteiger partial charge >= 0.3 is 6.36 Å². The van der Waals surface area contributed by atoms with Crippen molar-refractivity contribution in [3.8, 4) is 5.75 Å². The number of hydrogen-bond acceptors (Lipinski definition) is 3. The highest BCUT2D eigenvalue weighted by atomic mass is 19.4. The van der Waals surface area contributed by atoms with Gasteiger partial charge in [0.05, 0.1) is 6.54 Å². The van der Waals surface area contributed by atoms with E-state index in [9.17, 15) is 18.0 Å². The van der Waals surface area contributed by atoms with Crippen LogP contribution in [0.5, 0.6) is 5.75 Å². The minimum Gasteiger partial charge on any atom is -0.405 e. The smallest absolute Gasteiger partial charge is 0.405 e. The van der Waals surface area contributed by atoms with Crippen LogP contribution >= 0.6 is 0 Å². The summed E-state index contributed by atoms with van der Waals surface area (Å²) in [6.45, 7) is 1.89. The molecule has 0 unspecified atom stereocenters. The van der Waals surface area contributed by atoms with Crippen molar-refractivity contribution < 1.29 is 22.7 Å². The number of amides is 1. The monoisotopic (exact) mass is 375 g/mol. The Morgan fingerprint density at radius 1 is 1.11 bits per heavy atom. The SMILES string of the molecule is Cc1ccccc1C(=O)Nc1ccn(Cc2ccccc2OC(F)(F)F)n1. The van der Waals surface area contributed by atoms with Gasteiger partial charge in [-0.15, -0.1) is 13.2 Å². The zero-order valence-electron chi connectivity index (χ0n) is 14.3. The van der Waals surface area contributed by atoms with Crippen LogP contribution in [0.3, 0.4) is 0 Å². The van der Waals surface area contributed by atoms with Crippen LogP contribution in [0.1, 0.15) is 21.5 Å². The molecule has 5 nitrogen and oxygen atoms in total. The first-order valence-electron chi connectivity index (χ1n) is 8.06. The number of carbonyl (C=O) groups is 1. The third kappa shape index (κ3) is 4.87. The second-order valence-electron chi connectivity index (χ2n) is 5.82. The number of nitrogens with zero attached hydrogens (tertiary/aromatic N) is 2. The molecular formula is C19H16F3N3O2. The van der Waals surface area contributed by atoms with E-state index in [1.807, 2.05) is 19.1 Å². The summed E-state index contributed by atoms with van der Waals surface area (Å²) in [7, 11) is 0. The highest BCUT2D eigenvalue weighted by Gasteiger charge is 2.32. The topological polar surface area (TPSA) is 56.2 Å². The minimum atomic E-state index is -4.77. The van der Waals surface area contributed by atoms with Crippen LogP contribution in [-0.2, 0) is 6.54 Å². The van der Waals surface area contributed by atoms with E-state index < -0.39 is 6.36 Å². The Bertz CT molecular complexity index is 951. The lowest BCUT2D eigenvalue weighted by Gasteiger charge is -2.13. The largest absolute Gasteiger partial charge is 0.573 e. The highest BCUT2D eigenvalue weighted by molar-refractivity contribution is 6.04. The quantitative estimate of drug-likeness (QED) is 0.720. The van der Waals surface area contributed by atoms with Gasteiger partial charge in [-0.1, -0.05) is 36.4 Å².